The molecule has 0 heterocycles. The molecule has 4 rings (SSSR count). The Bertz CT molecular complexity index is 833. The molecule has 0 amide bonds. The monoisotopic (exact) mass is 322 g/mol. The van der Waals surface area contributed by atoms with Crippen LogP contribution in [-0.4, -0.2) is 19.0 Å². The first kappa shape index (κ1) is 14.9. The third-order valence-corrected chi connectivity index (χ3v) is 5.16. The lowest BCUT2D eigenvalue weighted by atomic mass is 9.83. The first-order chi connectivity index (χ1) is 11.7. The van der Waals surface area contributed by atoms with Gasteiger partial charge in [-0.1, -0.05) is 48.6 Å². The SMILES string of the molecule is COC(=O)C1C(C(=O)Oc2cccc3ccccc23)[C@@H]2C=C[C@H]1C2. The van der Waals surface area contributed by atoms with Crippen LogP contribution in [0, 0.1) is 23.7 Å². The van der Waals surface area contributed by atoms with E-state index in [4.69, 9.17) is 9.47 Å². The third kappa shape index (κ3) is 2.30. The Morgan fingerprint density at radius 2 is 1.58 bits per heavy atom. The fourth-order valence-corrected chi connectivity index (χ4v) is 4.06. The summed E-state index contributed by atoms with van der Waals surface area (Å²) >= 11 is 0. The fourth-order valence-electron chi connectivity index (χ4n) is 4.06. The van der Waals surface area contributed by atoms with E-state index in [1.165, 1.54) is 7.11 Å². The second-order valence-corrected chi connectivity index (χ2v) is 6.42. The Morgan fingerprint density at radius 3 is 2.33 bits per heavy atom. The van der Waals surface area contributed by atoms with E-state index in [9.17, 15) is 9.59 Å². The largest absolute Gasteiger partial charge is 0.469 e. The quantitative estimate of drug-likeness (QED) is 0.494. The summed E-state index contributed by atoms with van der Waals surface area (Å²) in [7, 11) is 1.37. The molecule has 24 heavy (non-hydrogen) atoms. The van der Waals surface area contributed by atoms with E-state index in [1.54, 1.807) is 6.07 Å². The van der Waals surface area contributed by atoms with Crippen molar-refractivity contribution in [1.82, 2.24) is 0 Å². The lowest BCUT2D eigenvalue weighted by Crippen LogP contribution is -2.36. The van der Waals surface area contributed by atoms with Gasteiger partial charge in [0.05, 0.1) is 18.9 Å². The van der Waals surface area contributed by atoms with Gasteiger partial charge in [-0.3, -0.25) is 9.59 Å². The maximum Gasteiger partial charge on any atom is 0.315 e. The second-order valence-electron chi connectivity index (χ2n) is 6.42. The Hall–Kier alpha value is -2.62. The van der Waals surface area contributed by atoms with Crippen LogP contribution in [0.4, 0.5) is 0 Å². The van der Waals surface area contributed by atoms with E-state index in [0.717, 1.165) is 17.2 Å². The van der Waals surface area contributed by atoms with Gasteiger partial charge in [0.25, 0.3) is 0 Å². The van der Waals surface area contributed by atoms with Crippen molar-refractivity contribution < 1.29 is 19.1 Å². The molecule has 0 aliphatic heterocycles. The number of benzene rings is 2. The molecule has 2 aromatic rings. The maximum absolute atomic E-state index is 12.8. The summed E-state index contributed by atoms with van der Waals surface area (Å²) in [4.78, 5) is 24.9. The van der Waals surface area contributed by atoms with Gasteiger partial charge in [-0.2, -0.15) is 0 Å². The number of rotatable bonds is 3. The minimum atomic E-state index is -0.466. The van der Waals surface area contributed by atoms with Gasteiger partial charge in [0.15, 0.2) is 0 Å². The normalized spacial score (nSPS) is 27.4. The molecular formula is C20H18O4. The molecule has 0 N–H and O–H groups in total. The van der Waals surface area contributed by atoms with Crippen LogP contribution >= 0.6 is 0 Å². The standard InChI is InChI=1S/C20H18O4/c1-23-19(21)17-13-9-10-14(11-13)18(17)20(22)24-16-8-4-6-12-5-2-3-7-15(12)16/h2-10,13-14,17-18H,11H2,1H3/t13-,14+,17?,18?/m0/s1. The molecule has 2 aromatic carbocycles. The molecule has 2 unspecified atom stereocenters. The first-order valence-electron chi connectivity index (χ1n) is 8.14. The van der Waals surface area contributed by atoms with Gasteiger partial charge in [0.2, 0.25) is 0 Å². The third-order valence-electron chi connectivity index (χ3n) is 5.16. The Kier molecular flexibility index (Phi) is 3.60. The van der Waals surface area contributed by atoms with Crippen molar-refractivity contribution in [2.45, 2.75) is 6.42 Å². The summed E-state index contributed by atoms with van der Waals surface area (Å²) < 4.78 is 10.6. The van der Waals surface area contributed by atoms with Crippen LogP contribution in [0.1, 0.15) is 6.42 Å². The first-order valence-corrected chi connectivity index (χ1v) is 8.14. The molecular weight excluding hydrogens is 304 g/mol. The highest BCUT2D eigenvalue weighted by Crippen LogP contribution is 2.49. The summed E-state index contributed by atoms with van der Waals surface area (Å²) in [5.74, 6) is -0.910. The number of allylic oxidation sites excluding steroid dienone is 2. The highest BCUT2D eigenvalue weighted by molar-refractivity contribution is 5.92. The number of esters is 2. The minimum absolute atomic E-state index is 0.0570. The smallest absolute Gasteiger partial charge is 0.315 e. The summed E-state index contributed by atoms with van der Waals surface area (Å²) in [6.07, 6.45) is 4.86. The Labute approximate surface area is 140 Å². The van der Waals surface area contributed by atoms with E-state index in [0.29, 0.717) is 5.75 Å². The number of carbonyl (C=O) groups excluding carboxylic acids is 2. The predicted molar refractivity (Wildman–Crippen MR) is 89.3 cm³/mol. The van der Waals surface area contributed by atoms with Crippen molar-refractivity contribution in [1.29, 1.82) is 0 Å². The molecule has 4 nitrogen and oxygen atoms in total. The molecule has 122 valence electrons. The van der Waals surface area contributed by atoms with Crippen LogP contribution in [0.5, 0.6) is 5.75 Å². The fraction of sp³-hybridized carbons (Fsp3) is 0.300. The summed E-state index contributed by atoms with van der Waals surface area (Å²) in [6.45, 7) is 0. The van der Waals surface area contributed by atoms with E-state index in [1.807, 2.05) is 48.6 Å². The van der Waals surface area contributed by atoms with Crippen molar-refractivity contribution in [2.75, 3.05) is 7.11 Å². The Morgan fingerprint density at radius 1 is 0.917 bits per heavy atom. The van der Waals surface area contributed by atoms with Gasteiger partial charge < -0.3 is 9.47 Å². The van der Waals surface area contributed by atoms with Crippen LogP contribution in [0.25, 0.3) is 10.8 Å². The summed E-state index contributed by atoms with van der Waals surface area (Å²) in [5.41, 5.74) is 0. The minimum Gasteiger partial charge on any atom is -0.469 e. The second kappa shape index (κ2) is 5.78. The number of methoxy groups -OCH3 is 1. The van der Waals surface area contributed by atoms with Gasteiger partial charge in [-0.15, -0.1) is 0 Å². The lowest BCUT2D eigenvalue weighted by molar-refractivity contribution is -0.155. The zero-order chi connectivity index (χ0) is 16.7. The van der Waals surface area contributed by atoms with Crippen LogP contribution < -0.4 is 4.74 Å². The average molecular weight is 322 g/mol. The predicted octanol–water partition coefficient (Wildman–Crippen LogP) is 3.36. The molecule has 2 bridgehead atoms. The number of hydrogen-bond donors (Lipinski definition) is 0. The molecule has 0 radical (unpaired) electrons. The van der Waals surface area contributed by atoms with Crippen molar-refractivity contribution in [3.05, 3.63) is 54.6 Å². The van der Waals surface area contributed by atoms with E-state index in [-0.39, 0.29) is 23.8 Å². The van der Waals surface area contributed by atoms with Crippen molar-refractivity contribution in [3.63, 3.8) is 0 Å². The van der Waals surface area contributed by atoms with Gasteiger partial charge in [-0.05, 0) is 29.7 Å². The van der Waals surface area contributed by atoms with Crippen LogP contribution in [0.2, 0.25) is 0 Å². The molecule has 2 aliphatic carbocycles. The topological polar surface area (TPSA) is 52.6 Å². The van der Waals surface area contributed by atoms with E-state index in [2.05, 4.69) is 0 Å². The van der Waals surface area contributed by atoms with Crippen molar-refractivity contribution in [2.24, 2.45) is 23.7 Å². The van der Waals surface area contributed by atoms with Gasteiger partial charge in [-0.25, -0.2) is 0 Å². The van der Waals surface area contributed by atoms with Crippen LogP contribution in [0.15, 0.2) is 54.6 Å². The number of fused-ring (bicyclic) bond motifs is 3. The lowest BCUT2D eigenvalue weighted by Gasteiger charge is -2.24. The molecule has 0 saturated heterocycles. The van der Waals surface area contributed by atoms with Crippen LogP contribution in [0.3, 0.4) is 0 Å². The average Bonchev–Trinajstić information content (AvgIpc) is 3.22. The molecule has 0 aromatic heterocycles. The van der Waals surface area contributed by atoms with E-state index < -0.39 is 11.8 Å². The van der Waals surface area contributed by atoms with Crippen molar-refractivity contribution in [3.8, 4) is 5.75 Å². The molecule has 1 fully saturated rings. The maximum atomic E-state index is 12.8. The van der Waals surface area contributed by atoms with Gasteiger partial charge in [0.1, 0.15) is 5.75 Å². The highest BCUT2D eigenvalue weighted by atomic mass is 16.5. The molecule has 4 atom stereocenters. The zero-order valence-electron chi connectivity index (χ0n) is 13.3. The van der Waals surface area contributed by atoms with Crippen molar-refractivity contribution >= 4 is 22.7 Å². The highest BCUT2D eigenvalue weighted by Gasteiger charge is 2.53. The number of ether oxygens (including phenoxy) is 2. The van der Waals surface area contributed by atoms with Gasteiger partial charge in [0, 0.05) is 5.39 Å². The molecule has 4 heteroatoms. The van der Waals surface area contributed by atoms with E-state index >= 15 is 0 Å². The molecule has 1 saturated carbocycles. The zero-order valence-corrected chi connectivity index (χ0v) is 13.3. The number of hydrogen-bond acceptors (Lipinski definition) is 4. The van der Waals surface area contributed by atoms with Gasteiger partial charge >= 0.3 is 11.9 Å². The number of carbonyl (C=O) groups is 2. The summed E-state index contributed by atoms with van der Waals surface area (Å²) in [6, 6.07) is 13.4. The summed E-state index contributed by atoms with van der Waals surface area (Å²) in [5, 5.41) is 1.90. The van der Waals surface area contributed by atoms with Crippen LogP contribution in [-0.2, 0) is 14.3 Å². The molecule has 2 aliphatic rings. The Balaban J connectivity index is 1.64. The molecule has 0 spiro atoms.